The summed E-state index contributed by atoms with van der Waals surface area (Å²) in [5, 5.41) is 3.64. The molecule has 4 rings (SSSR count). The van der Waals surface area contributed by atoms with E-state index in [1.54, 1.807) is 0 Å². The minimum atomic E-state index is -0.538. The van der Waals surface area contributed by atoms with Crippen molar-refractivity contribution in [2.24, 2.45) is 0 Å². The molecule has 3 aromatic carbocycles. The lowest BCUT2D eigenvalue weighted by molar-refractivity contribution is 0.114. The van der Waals surface area contributed by atoms with Crippen LogP contribution in [0.25, 0.3) is 0 Å². The van der Waals surface area contributed by atoms with Crippen molar-refractivity contribution in [3.63, 3.8) is 0 Å². The predicted molar refractivity (Wildman–Crippen MR) is 98.7 cm³/mol. The maximum Gasteiger partial charge on any atom is 0.377 e. The second kappa shape index (κ2) is 6.27. The molecule has 1 N–H and O–H groups in total. The van der Waals surface area contributed by atoms with Crippen LogP contribution in [0.2, 0.25) is 6.82 Å². The normalized spacial score (nSPS) is 19.4. The molecule has 1 heterocycles. The number of hydrogen-bond donors (Lipinski definition) is 1. The van der Waals surface area contributed by atoms with Crippen molar-refractivity contribution in [1.82, 2.24) is 5.23 Å². The van der Waals surface area contributed by atoms with Crippen molar-refractivity contribution in [2.75, 3.05) is 0 Å². The van der Waals surface area contributed by atoms with E-state index < -0.39 is 5.60 Å². The Bertz CT molecular complexity index is 752. The van der Waals surface area contributed by atoms with Gasteiger partial charge in [-0.3, -0.25) is 0 Å². The third-order valence-electron chi connectivity index (χ3n) is 4.71. The van der Waals surface area contributed by atoms with Gasteiger partial charge in [-0.2, -0.15) is 0 Å². The molecule has 0 amide bonds. The highest BCUT2D eigenvalue weighted by Gasteiger charge is 2.51. The minimum Gasteiger partial charge on any atom is -0.406 e. The summed E-state index contributed by atoms with van der Waals surface area (Å²) in [5.41, 5.74) is 3.03. The maximum absolute atomic E-state index is 6.58. The fourth-order valence-electron chi connectivity index (χ4n) is 3.72. The summed E-state index contributed by atoms with van der Waals surface area (Å²) >= 11 is 0. The van der Waals surface area contributed by atoms with Gasteiger partial charge < -0.3 is 9.88 Å². The summed E-state index contributed by atoms with van der Waals surface area (Å²) in [6.07, 6.45) is 0. The predicted octanol–water partition coefficient (Wildman–Crippen LogP) is 4.41. The van der Waals surface area contributed by atoms with Crippen molar-refractivity contribution in [2.45, 2.75) is 18.5 Å². The fraction of sp³-hybridized carbons (Fsp3) is 0.143. The third kappa shape index (κ3) is 2.46. The smallest absolute Gasteiger partial charge is 0.377 e. The first kappa shape index (κ1) is 15.2. The van der Waals surface area contributed by atoms with E-state index in [2.05, 4.69) is 90.9 Å². The van der Waals surface area contributed by atoms with Crippen LogP contribution >= 0.6 is 0 Å². The number of hydrogen-bond acceptors (Lipinski definition) is 2. The average molecular weight is 313 g/mol. The van der Waals surface area contributed by atoms with Gasteiger partial charge in [0.1, 0.15) is 5.60 Å². The highest BCUT2D eigenvalue weighted by molar-refractivity contribution is 6.48. The van der Waals surface area contributed by atoms with E-state index in [9.17, 15) is 0 Å². The van der Waals surface area contributed by atoms with Crippen molar-refractivity contribution in [1.29, 1.82) is 0 Å². The van der Waals surface area contributed by atoms with Crippen LogP contribution in [-0.2, 0) is 10.3 Å². The molecule has 1 aliphatic rings. The van der Waals surface area contributed by atoms with E-state index in [0.29, 0.717) is 0 Å². The van der Waals surface area contributed by atoms with E-state index in [4.69, 9.17) is 4.65 Å². The average Bonchev–Trinajstić information content (AvgIpc) is 3.02. The third-order valence-corrected chi connectivity index (χ3v) is 4.71. The Morgan fingerprint density at radius 3 is 1.71 bits per heavy atom. The Balaban J connectivity index is 1.95. The molecule has 3 heteroatoms. The van der Waals surface area contributed by atoms with Gasteiger partial charge in [-0.1, -0.05) is 91.0 Å². The molecule has 24 heavy (non-hydrogen) atoms. The standard InChI is InChI=1S/C21H20BNO/c1-22-23-20(17-11-5-2-6-12-17)21(24-22,18-13-7-3-8-14-18)19-15-9-4-10-16-19/h2-16,20,23H,1H3. The van der Waals surface area contributed by atoms with Gasteiger partial charge in [-0.25, -0.2) is 0 Å². The molecule has 0 aromatic heterocycles. The summed E-state index contributed by atoms with van der Waals surface area (Å²) in [6, 6.07) is 31.6. The zero-order valence-electron chi connectivity index (χ0n) is 13.7. The topological polar surface area (TPSA) is 21.3 Å². The Morgan fingerprint density at radius 1 is 0.750 bits per heavy atom. The van der Waals surface area contributed by atoms with Crippen LogP contribution in [0.4, 0.5) is 0 Å². The summed E-state index contributed by atoms with van der Waals surface area (Å²) in [6.45, 7) is 2.07. The Morgan fingerprint density at radius 2 is 1.21 bits per heavy atom. The largest absolute Gasteiger partial charge is 0.406 e. The first-order valence-electron chi connectivity index (χ1n) is 8.40. The van der Waals surface area contributed by atoms with E-state index in [0.717, 1.165) is 0 Å². The lowest BCUT2D eigenvalue weighted by Crippen LogP contribution is -2.35. The molecule has 1 unspecified atom stereocenters. The second-order valence-corrected chi connectivity index (χ2v) is 6.24. The molecule has 0 aliphatic carbocycles. The van der Waals surface area contributed by atoms with E-state index in [-0.39, 0.29) is 13.1 Å². The van der Waals surface area contributed by atoms with E-state index in [1.807, 2.05) is 12.1 Å². The fourth-order valence-corrected chi connectivity index (χ4v) is 3.72. The van der Waals surface area contributed by atoms with Crippen LogP contribution in [0.1, 0.15) is 22.7 Å². The highest BCUT2D eigenvalue weighted by Crippen LogP contribution is 2.48. The van der Waals surface area contributed by atoms with Gasteiger partial charge in [0.15, 0.2) is 0 Å². The summed E-state index contributed by atoms with van der Waals surface area (Å²) in [5.74, 6) is 0. The van der Waals surface area contributed by atoms with Gasteiger partial charge in [0.25, 0.3) is 0 Å². The molecule has 2 nitrogen and oxygen atoms in total. The Hall–Kier alpha value is -2.36. The van der Waals surface area contributed by atoms with Crippen LogP contribution in [0.3, 0.4) is 0 Å². The molecule has 0 bridgehead atoms. The summed E-state index contributed by atoms with van der Waals surface area (Å²) < 4.78 is 6.58. The van der Waals surface area contributed by atoms with Crippen LogP contribution in [0.15, 0.2) is 91.0 Å². The molecule has 0 spiro atoms. The molecular formula is C21H20BNO. The maximum atomic E-state index is 6.58. The summed E-state index contributed by atoms with van der Waals surface area (Å²) in [4.78, 5) is 0. The first-order valence-corrected chi connectivity index (χ1v) is 8.40. The second-order valence-electron chi connectivity index (χ2n) is 6.24. The molecule has 0 saturated carbocycles. The number of nitrogens with one attached hydrogen (secondary N) is 1. The molecule has 3 aromatic rings. The van der Waals surface area contributed by atoms with Crippen LogP contribution in [-0.4, -0.2) is 7.05 Å². The zero-order chi connectivity index (χ0) is 16.4. The van der Waals surface area contributed by atoms with Crippen molar-refractivity contribution in [3.8, 4) is 0 Å². The Kier molecular flexibility index (Phi) is 3.97. The first-order chi connectivity index (χ1) is 11.8. The van der Waals surface area contributed by atoms with E-state index >= 15 is 0 Å². The molecule has 1 atom stereocenters. The van der Waals surface area contributed by atoms with Crippen molar-refractivity contribution in [3.05, 3.63) is 108 Å². The molecule has 1 saturated heterocycles. The van der Waals surface area contributed by atoms with Crippen LogP contribution in [0.5, 0.6) is 0 Å². The van der Waals surface area contributed by atoms with Crippen molar-refractivity contribution < 1.29 is 4.65 Å². The minimum absolute atomic E-state index is 0.0318. The molecule has 0 radical (unpaired) electrons. The van der Waals surface area contributed by atoms with Gasteiger partial charge in [0.2, 0.25) is 0 Å². The van der Waals surface area contributed by atoms with Crippen LogP contribution in [0, 0.1) is 0 Å². The lowest BCUT2D eigenvalue weighted by Gasteiger charge is -2.36. The summed E-state index contributed by atoms with van der Waals surface area (Å²) in [7, 11) is -0.0318. The van der Waals surface area contributed by atoms with Crippen molar-refractivity contribution >= 4 is 7.05 Å². The van der Waals surface area contributed by atoms with Gasteiger partial charge in [0, 0.05) is 0 Å². The molecular weight excluding hydrogens is 293 g/mol. The Labute approximate surface area is 143 Å². The van der Waals surface area contributed by atoms with Gasteiger partial charge in [0.05, 0.1) is 6.04 Å². The van der Waals surface area contributed by atoms with Crippen LogP contribution < -0.4 is 5.23 Å². The molecule has 1 fully saturated rings. The number of rotatable bonds is 3. The quantitative estimate of drug-likeness (QED) is 0.723. The number of benzene rings is 3. The molecule has 1 aliphatic heterocycles. The highest BCUT2D eigenvalue weighted by atomic mass is 16.5. The van der Waals surface area contributed by atoms with Gasteiger partial charge in [-0.05, 0) is 23.5 Å². The molecule has 118 valence electrons. The van der Waals surface area contributed by atoms with Gasteiger partial charge in [-0.15, -0.1) is 0 Å². The SMILES string of the molecule is CB1NC(c2ccccc2)C(c2ccccc2)(c2ccccc2)O1. The van der Waals surface area contributed by atoms with Gasteiger partial charge >= 0.3 is 7.05 Å². The lowest BCUT2D eigenvalue weighted by atomic mass is 9.78. The van der Waals surface area contributed by atoms with E-state index in [1.165, 1.54) is 16.7 Å². The zero-order valence-corrected chi connectivity index (χ0v) is 13.7. The monoisotopic (exact) mass is 313 g/mol.